The molecule has 0 aromatic carbocycles. The molecule has 2 aromatic rings. The summed E-state index contributed by atoms with van der Waals surface area (Å²) in [4.78, 5) is 12.7. The fraction of sp³-hybridized carbons (Fsp3) is 0.600. The van der Waals surface area contributed by atoms with Crippen LogP contribution in [-0.4, -0.2) is 33.3 Å². The molecule has 0 spiro atoms. The zero-order chi connectivity index (χ0) is 14.9. The Bertz CT molecular complexity index is 651. The van der Waals surface area contributed by atoms with E-state index in [1.54, 1.807) is 13.2 Å². The normalized spacial score (nSPS) is 26.4. The number of halogens is 1. The average Bonchev–Trinajstić information content (AvgIpc) is 3.21. The number of methoxy groups -OCH3 is 1. The highest BCUT2D eigenvalue weighted by Gasteiger charge is 2.38. The Labute approximate surface area is 140 Å². The predicted octanol–water partition coefficient (Wildman–Crippen LogP) is 2.55. The average molecular weight is 338 g/mol. The van der Waals surface area contributed by atoms with Crippen LogP contribution in [0.2, 0.25) is 0 Å². The van der Waals surface area contributed by atoms with Crippen molar-refractivity contribution in [3.63, 3.8) is 0 Å². The van der Waals surface area contributed by atoms with Crippen LogP contribution < -0.4 is 10.1 Å². The van der Waals surface area contributed by atoms with Crippen LogP contribution in [0.1, 0.15) is 44.0 Å². The summed E-state index contributed by atoms with van der Waals surface area (Å²) in [5.74, 6) is 2.36. The molecule has 1 aliphatic carbocycles. The van der Waals surface area contributed by atoms with Gasteiger partial charge < -0.3 is 14.6 Å². The molecular formula is C15H20ClN5O2. The van der Waals surface area contributed by atoms with Crippen molar-refractivity contribution in [3.05, 3.63) is 18.3 Å². The Balaban J connectivity index is 0.00000156. The molecule has 23 heavy (non-hydrogen) atoms. The zero-order valence-electron chi connectivity index (χ0n) is 12.9. The summed E-state index contributed by atoms with van der Waals surface area (Å²) >= 11 is 0. The number of nitrogens with one attached hydrogen (secondary N) is 1. The summed E-state index contributed by atoms with van der Waals surface area (Å²) in [5.41, 5.74) is 0.609. The molecule has 124 valence electrons. The first-order chi connectivity index (χ1) is 10.8. The van der Waals surface area contributed by atoms with Gasteiger partial charge in [-0.05, 0) is 25.2 Å². The summed E-state index contributed by atoms with van der Waals surface area (Å²) in [5, 5.41) is 7.69. The van der Waals surface area contributed by atoms with E-state index >= 15 is 0 Å². The smallest absolute Gasteiger partial charge is 0.244 e. The van der Waals surface area contributed by atoms with E-state index in [1.807, 2.05) is 0 Å². The summed E-state index contributed by atoms with van der Waals surface area (Å²) in [7, 11) is 1.57. The molecule has 3 unspecified atom stereocenters. The molecule has 7 nitrogen and oxygen atoms in total. The van der Waals surface area contributed by atoms with Gasteiger partial charge in [-0.2, -0.15) is 4.98 Å². The molecule has 2 aliphatic rings. The Morgan fingerprint density at radius 2 is 2.13 bits per heavy atom. The lowest BCUT2D eigenvalue weighted by atomic mass is 9.85. The van der Waals surface area contributed by atoms with Crippen LogP contribution in [0.4, 0.5) is 0 Å². The third-order valence-corrected chi connectivity index (χ3v) is 4.68. The van der Waals surface area contributed by atoms with Gasteiger partial charge in [-0.1, -0.05) is 18.0 Å². The Kier molecular flexibility index (Phi) is 4.77. The van der Waals surface area contributed by atoms with E-state index < -0.39 is 0 Å². The quantitative estimate of drug-likeness (QED) is 0.921. The second-order valence-corrected chi connectivity index (χ2v) is 6.01. The van der Waals surface area contributed by atoms with E-state index in [0.29, 0.717) is 29.3 Å². The minimum atomic E-state index is 0. The van der Waals surface area contributed by atoms with Gasteiger partial charge in [0, 0.05) is 12.1 Å². The lowest BCUT2D eigenvalue weighted by molar-refractivity contribution is 0.324. The summed E-state index contributed by atoms with van der Waals surface area (Å²) in [6.07, 6.45) is 7.73. The molecule has 8 heteroatoms. The van der Waals surface area contributed by atoms with Gasteiger partial charge in [0.25, 0.3) is 0 Å². The number of rotatable bonds is 3. The van der Waals surface area contributed by atoms with Crippen molar-refractivity contribution in [1.82, 2.24) is 25.4 Å². The number of fused-ring (bicyclic) bond motifs is 1. The Hall–Kier alpha value is -1.73. The number of nitrogens with zero attached hydrogens (tertiary/aromatic N) is 4. The molecule has 3 heterocycles. The zero-order valence-corrected chi connectivity index (χ0v) is 13.8. The Morgan fingerprint density at radius 1 is 1.26 bits per heavy atom. The minimum Gasteiger partial charge on any atom is -0.481 e. The van der Waals surface area contributed by atoms with Crippen LogP contribution in [0.3, 0.4) is 0 Å². The lowest BCUT2D eigenvalue weighted by Crippen LogP contribution is -2.30. The van der Waals surface area contributed by atoms with Crippen LogP contribution in [0.5, 0.6) is 5.88 Å². The molecule has 3 atom stereocenters. The molecule has 2 fully saturated rings. The fourth-order valence-corrected chi connectivity index (χ4v) is 3.56. The third kappa shape index (κ3) is 3.16. The summed E-state index contributed by atoms with van der Waals surface area (Å²) in [6, 6.07) is 2.47. The van der Waals surface area contributed by atoms with E-state index in [2.05, 4.69) is 25.4 Å². The highest BCUT2D eigenvalue weighted by Crippen LogP contribution is 2.38. The number of aromatic nitrogens is 4. The molecule has 0 radical (unpaired) electrons. The lowest BCUT2D eigenvalue weighted by Gasteiger charge is -2.24. The fourth-order valence-electron chi connectivity index (χ4n) is 3.56. The van der Waals surface area contributed by atoms with Crippen molar-refractivity contribution in [2.75, 3.05) is 7.11 Å². The van der Waals surface area contributed by atoms with Crippen LogP contribution in [0.25, 0.3) is 11.5 Å². The Morgan fingerprint density at radius 3 is 2.96 bits per heavy atom. The number of hydrogen-bond donors (Lipinski definition) is 1. The maximum atomic E-state index is 5.46. The van der Waals surface area contributed by atoms with Crippen molar-refractivity contribution in [1.29, 1.82) is 0 Å². The van der Waals surface area contributed by atoms with Crippen molar-refractivity contribution in [2.24, 2.45) is 5.92 Å². The van der Waals surface area contributed by atoms with E-state index in [1.165, 1.54) is 32.0 Å². The first-order valence-electron chi connectivity index (χ1n) is 7.79. The first kappa shape index (κ1) is 16.1. The molecule has 4 rings (SSSR count). The van der Waals surface area contributed by atoms with Gasteiger partial charge in [-0.15, -0.1) is 12.4 Å². The largest absolute Gasteiger partial charge is 0.481 e. The van der Waals surface area contributed by atoms with Gasteiger partial charge in [0.05, 0.1) is 13.2 Å². The van der Waals surface area contributed by atoms with Gasteiger partial charge in [0.15, 0.2) is 0 Å². The highest BCUT2D eigenvalue weighted by molar-refractivity contribution is 5.85. The highest BCUT2D eigenvalue weighted by atomic mass is 35.5. The van der Waals surface area contributed by atoms with Crippen molar-refractivity contribution < 1.29 is 9.26 Å². The minimum absolute atomic E-state index is 0. The molecule has 1 saturated carbocycles. The van der Waals surface area contributed by atoms with Gasteiger partial charge in [-0.3, -0.25) is 0 Å². The SMILES string of the molecule is COc1cc(-c2noc(C3CC4CCCCC4N3)n2)ncn1.Cl. The van der Waals surface area contributed by atoms with E-state index in [9.17, 15) is 0 Å². The monoisotopic (exact) mass is 337 g/mol. The first-order valence-corrected chi connectivity index (χ1v) is 7.79. The standard InChI is InChI=1S/C15H19N5O2.ClH/c1-21-13-7-11(16-8-17-13)14-19-15(22-20-14)12-6-9-4-2-3-5-10(9)18-12;/h7-10,12,18H,2-6H2,1H3;1H. The van der Waals surface area contributed by atoms with Gasteiger partial charge in [0.2, 0.25) is 17.6 Å². The van der Waals surface area contributed by atoms with Crippen molar-refractivity contribution in [2.45, 2.75) is 44.2 Å². The molecule has 1 saturated heterocycles. The van der Waals surface area contributed by atoms with E-state index in [4.69, 9.17) is 9.26 Å². The molecular weight excluding hydrogens is 318 g/mol. The van der Waals surface area contributed by atoms with Crippen LogP contribution in [0.15, 0.2) is 16.9 Å². The van der Waals surface area contributed by atoms with E-state index in [-0.39, 0.29) is 18.4 Å². The molecule has 2 aromatic heterocycles. The third-order valence-electron chi connectivity index (χ3n) is 4.68. The van der Waals surface area contributed by atoms with Crippen molar-refractivity contribution in [3.8, 4) is 17.4 Å². The van der Waals surface area contributed by atoms with Gasteiger partial charge in [0.1, 0.15) is 12.0 Å². The topological polar surface area (TPSA) is 86.0 Å². The summed E-state index contributed by atoms with van der Waals surface area (Å²) < 4.78 is 10.6. The maximum Gasteiger partial charge on any atom is 0.244 e. The molecule has 1 N–H and O–H groups in total. The second-order valence-electron chi connectivity index (χ2n) is 6.01. The van der Waals surface area contributed by atoms with Crippen LogP contribution in [0, 0.1) is 5.92 Å². The number of hydrogen-bond acceptors (Lipinski definition) is 7. The van der Waals surface area contributed by atoms with Crippen LogP contribution in [-0.2, 0) is 0 Å². The van der Waals surface area contributed by atoms with Crippen molar-refractivity contribution >= 4 is 12.4 Å². The second kappa shape index (κ2) is 6.80. The molecule has 0 bridgehead atoms. The number of ether oxygens (including phenoxy) is 1. The van der Waals surface area contributed by atoms with Gasteiger partial charge in [-0.25, -0.2) is 9.97 Å². The molecule has 0 amide bonds. The van der Waals surface area contributed by atoms with Gasteiger partial charge >= 0.3 is 0 Å². The van der Waals surface area contributed by atoms with E-state index in [0.717, 1.165) is 12.3 Å². The van der Waals surface area contributed by atoms with Crippen LogP contribution >= 0.6 is 12.4 Å². The summed E-state index contributed by atoms with van der Waals surface area (Å²) in [6.45, 7) is 0. The molecule has 1 aliphatic heterocycles. The maximum absolute atomic E-state index is 5.46. The predicted molar refractivity (Wildman–Crippen MR) is 85.4 cm³/mol.